The van der Waals surface area contributed by atoms with E-state index in [-0.39, 0.29) is 5.91 Å². The van der Waals surface area contributed by atoms with E-state index in [9.17, 15) is 4.79 Å². The highest BCUT2D eigenvalue weighted by molar-refractivity contribution is 6.08. The van der Waals surface area contributed by atoms with Gasteiger partial charge in [-0.2, -0.15) is 5.10 Å². The molecule has 23 heavy (non-hydrogen) atoms. The van der Waals surface area contributed by atoms with Gasteiger partial charge in [-0.3, -0.25) is 9.89 Å². The topological polar surface area (TPSA) is 76.2 Å². The number of hydrogen-bond acceptors (Lipinski definition) is 4. The molecule has 0 unspecified atom stereocenters. The first-order valence-electron chi connectivity index (χ1n) is 7.23. The minimum Gasteiger partial charge on any atom is -0.491 e. The molecule has 6 heteroatoms. The van der Waals surface area contributed by atoms with Crippen LogP contribution in [0.25, 0.3) is 10.9 Å². The predicted molar refractivity (Wildman–Crippen MR) is 87.9 cm³/mol. The van der Waals surface area contributed by atoms with Gasteiger partial charge < -0.3 is 14.8 Å². The Balaban J connectivity index is 1.75. The molecule has 0 fully saturated rings. The number of hydrogen-bond donors (Lipinski definition) is 2. The minimum absolute atomic E-state index is 0.204. The summed E-state index contributed by atoms with van der Waals surface area (Å²) in [5, 5.41) is 10.7. The molecule has 0 aliphatic heterocycles. The molecule has 0 atom stereocenters. The molecule has 3 rings (SSSR count). The van der Waals surface area contributed by atoms with Gasteiger partial charge in [0, 0.05) is 18.1 Å². The van der Waals surface area contributed by atoms with Crippen LogP contribution in [0.15, 0.2) is 48.7 Å². The summed E-state index contributed by atoms with van der Waals surface area (Å²) in [5.41, 5.74) is 2.01. The van der Waals surface area contributed by atoms with E-state index < -0.39 is 0 Å². The van der Waals surface area contributed by atoms with Crippen molar-refractivity contribution in [2.24, 2.45) is 0 Å². The van der Waals surface area contributed by atoms with Gasteiger partial charge in [0.25, 0.3) is 5.91 Å². The Hall–Kier alpha value is -2.86. The van der Waals surface area contributed by atoms with Crippen molar-refractivity contribution in [3.63, 3.8) is 0 Å². The molecule has 0 aliphatic carbocycles. The van der Waals surface area contributed by atoms with Crippen molar-refractivity contribution in [3.8, 4) is 5.75 Å². The van der Waals surface area contributed by atoms with Gasteiger partial charge >= 0.3 is 0 Å². The summed E-state index contributed by atoms with van der Waals surface area (Å²) >= 11 is 0. The zero-order valence-corrected chi connectivity index (χ0v) is 12.7. The normalized spacial score (nSPS) is 10.7. The van der Waals surface area contributed by atoms with Crippen molar-refractivity contribution in [2.45, 2.75) is 0 Å². The molecule has 118 valence electrons. The zero-order chi connectivity index (χ0) is 16.1. The molecule has 6 nitrogen and oxygen atoms in total. The summed E-state index contributed by atoms with van der Waals surface area (Å²) in [4.78, 5) is 12.4. The lowest BCUT2D eigenvalue weighted by atomic mass is 10.2. The molecule has 3 aromatic rings. The summed E-state index contributed by atoms with van der Waals surface area (Å²) in [5.74, 6) is 0.429. The standard InChI is InChI=1S/C17H17N3O3/c1-22-8-9-23-14-6-2-4-12(10-14)17(21)19-15-7-3-5-13-11-18-20-16(13)15/h2-7,10-11H,8-9H2,1H3,(H,18,20)(H,19,21). The van der Waals surface area contributed by atoms with Crippen LogP contribution in [0, 0.1) is 0 Å². The van der Waals surface area contributed by atoms with E-state index >= 15 is 0 Å². The molecule has 2 aromatic carbocycles. The summed E-state index contributed by atoms with van der Waals surface area (Å²) in [6, 6.07) is 12.7. The van der Waals surface area contributed by atoms with Crippen LogP contribution in [-0.2, 0) is 4.74 Å². The highest BCUT2D eigenvalue weighted by Crippen LogP contribution is 2.22. The summed E-state index contributed by atoms with van der Waals surface area (Å²) < 4.78 is 10.5. The number of methoxy groups -OCH3 is 1. The third-order valence-corrected chi connectivity index (χ3v) is 3.38. The maximum atomic E-state index is 12.4. The molecular weight excluding hydrogens is 294 g/mol. The summed E-state index contributed by atoms with van der Waals surface area (Å²) in [6.45, 7) is 0.938. The molecule has 0 saturated heterocycles. The third kappa shape index (κ3) is 3.49. The second-order valence-corrected chi connectivity index (χ2v) is 4.96. The highest BCUT2D eigenvalue weighted by atomic mass is 16.5. The monoisotopic (exact) mass is 311 g/mol. The van der Waals surface area contributed by atoms with Crippen molar-refractivity contribution in [1.29, 1.82) is 0 Å². The molecule has 0 spiro atoms. The first-order valence-corrected chi connectivity index (χ1v) is 7.23. The number of aromatic amines is 1. The number of nitrogens with zero attached hydrogens (tertiary/aromatic N) is 1. The lowest BCUT2D eigenvalue weighted by molar-refractivity contribution is 0.102. The van der Waals surface area contributed by atoms with Crippen LogP contribution in [0.4, 0.5) is 5.69 Å². The molecule has 2 N–H and O–H groups in total. The first kappa shape index (κ1) is 15.1. The van der Waals surface area contributed by atoms with Crippen molar-refractivity contribution in [3.05, 3.63) is 54.2 Å². The number of carbonyl (C=O) groups excluding carboxylic acids is 1. The molecule has 1 aromatic heterocycles. The Labute approximate surface area is 133 Å². The largest absolute Gasteiger partial charge is 0.491 e. The zero-order valence-electron chi connectivity index (χ0n) is 12.7. The molecule has 0 radical (unpaired) electrons. The van der Waals surface area contributed by atoms with Crippen LogP contribution in [0.5, 0.6) is 5.75 Å². The van der Waals surface area contributed by atoms with Gasteiger partial charge in [0.05, 0.1) is 24.0 Å². The van der Waals surface area contributed by atoms with Crippen LogP contribution < -0.4 is 10.1 Å². The smallest absolute Gasteiger partial charge is 0.255 e. The van der Waals surface area contributed by atoms with Crippen molar-refractivity contribution < 1.29 is 14.3 Å². The SMILES string of the molecule is COCCOc1cccc(C(=O)Nc2cccc3cn[nH]c23)c1. The van der Waals surface area contributed by atoms with Crippen LogP contribution in [0.1, 0.15) is 10.4 Å². The number of aromatic nitrogens is 2. The van der Waals surface area contributed by atoms with Gasteiger partial charge in [-0.25, -0.2) is 0 Å². The van der Waals surface area contributed by atoms with Crippen molar-refractivity contribution in [2.75, 3.05) is 25.6 Å². The maximum Gasteiger partial charge on any atom is 0.255 e. The number of ether oxygens (including phenoxy) is 2. The number of H-pyrrole nitrogens is 1. The number of amides is 1. The van der Waals surface area contributed by atoms with Gasteiger partial charge in [-0.15, -0.1) is 0 Å². The molecule has 0 aliphatic rings. The van der Waals surface area contributed by atoms with Crippen molar-refractivity contribution >= 4 is 22.5 Å². The highest BCUT2D eigenvalue weighted by Gasteiger charge is 2.10. The molecular formula is C17H17N3O3. The van der Waals surface area contributed by atoms with Gasteiger partial charge in [-0.1, -0.05) is 18.2 Å². The average Bonchev–Trinajstić information content (AvgIpc) is 3.05. The Morgan fingerprint density at radius 2 is 2.09 bits per heavy atom. The van der Waals surface area contributed by atoms with E-state index in [0.717, 1.165) is 10.9 Å². The van der Waals surface area contributed by atoms with Gasteiger partial charge in [0.2, 0.25) is 0 Å². The van der Waals surface area contributed by atoms with Crippen LogP contribution in [0.2, 0.25) is 0 Å². The molecule has 0 saturated carbocycles. The van der Waals surface area contributed by atoms with E-state index in [1.54, 1.807) is 31.5 Å². The van der Waals surface area contributed by atoms with Crippen LogP contribution in [0.3, 0.4) is 0 Å². The average molecular weight is 311 g/mol. The summed E-state index contributed by atoms with van der Waals surface area (Å²) in [6.07, 6.45) is 1.72. The fraction of sp³-hybridized carbons (Fsp3) is 0.176. The Kier molecular flexibility index (Phi) is 4.54. The number of rotatable bonds is 6. The van der Waals surface area contributed by atoms with Crippen LogP contribution in [-0.4, -0.2) is 36.4 Å². The van der Waals surface area contributed by atoms with Gasteiger partial charge in [-0.05, 0) is 24.3 Å². The van der Waals surface area contributed by atoms with Crippen LogP contribution >= 0.6 is 0 Å². The Bertz CT molecular complexity index is 813. The lowest BCUT2D eigenvalue weighted by Gasteiger charge is -2.09. The van der Waals surface area contributed by atoms with Gasteiger partial charge in [0.1, 0.15) is 12.4 Å². The number of anilines is 1. The minimum atomic E-state index is -0.204. The van der Waals surface area contributed by atoms with E-state index in [2.05, 4.69) is 15.5 Å². The molecule has 1 amide bonds. The lowest BCUT2D eigenvalue weighted by Crippen LogP contribution is -2.12. The Morgan fingerprint density at radius 1 is 1.22 bits per heavy atom. The number of carbonyl (C=O) groups is 1. The van der Waals surface area contributed by atoms with Crippen molar-refractivity contribution in [1.82, 2.24) is 10.2 Å². The number of fused-ring (bicyclic) bond motifs is 1. The predicted octanol–water partition coefficient (Wildman–Crippen LogP) is 2.84. The van der Waals surface area contributed by atoms with Gasteiger partial charge in [0.15, 0.2) is 0 Å². The number of nitrogens with one attached hydrogen (secondary N) is 2. The fourth-order valence-electron chi connectivity index (χ4n) is 2.24. The van der Waals surface area contributed by atoms with E-state index in [1.807, 2.05) is 24.3 Å². The summed E-state index contributed by atoms with van der Waals surface area (Å²) in [7, 11) is 1.61. The number of para-hydroxylation sites is 1. The maximum absolute atomic E-state index is 12.4. The first-order chi connectivity index (χ1) is 11.3. The number of benzene rings is 2. The van der Waals surface area contributed by atoms with E-state index in [0.29, 0.717) is 30.2 Å². The fourth-order valence-corrected chi connectivity index (χ4v) is 2.24. The quantitative estimate of drug-likeness (QED) is 0.686. The molecule has 1 heterocycles. The second kappa shape index (κ2) is 6.93. The Morgan fingerprint density at radius 3 is 2.96 bits per heavy atom. The van der Waals surface area contributed by atoms with E-state index in [1.165, 1.54) is 0 Å². The second-order valence-electron chi connectivity index (χ2n) is 4.96. The molecule has 0 bridgehead atoms. The van der Waals surface area contributed by atoms with E-state index in [4.69, 9.17) is 9.47 Å². The third-order valence-electron chi connectivity index (χ3n) is 3.38.